The Hall–Kier alpha value is -3.55. The summed E-state index contributed by atoms with van der Waals surface area (Å²) in [5, 5.41) is 3.11. The second-order valence-electron chi connectivity index (χ2n) is 6.81. The van der Waals surface area contributed by atoms with Crippen molar-refractivity contribution in [3.63, 3.8) is 0 Å². The van der Waals surface area contributed by atoms with Gasteiger partial charge in [0.1, 0.15) is 5.75 Å². The molecule has 0 aliphatic carbocycles. The largest absolute Gasteiger partial charge is 0.494 e. The highest BCUT2D eigenvalue weighted by Crippen LogP contribution is 2.37. The fraction of sp³-hybridized carbons (Fsp3) is 0.0870. The van der Waals surface area contributed by atoms with Crippen molar-refractivity contribution >= 4 is 52.3 Å². The molecule has 0 atom stereocenters. The Kier molecular flexibility index (Phi) is 5.78. The van der Waals surface area contributed by atoms with Crippen LogP contribution in [0.5, 0.6) is 11.5 Å². The number of hydrogen-bond acceptors (Lipinski definition) is 5. The first-order valence-electron chi connectivity index (χ1n) is 9.36. The molecule has 7 nitrogen and oxygen atoms in total. The topological polar surface area (TPSA) is 84.9 Å². The Morgan fingerprint density at radius 1 is 0.875 bits per heavy atom. The van der Waals surface area contributed by atoms with Gasteiger partial charge in [-0.1, -0.05) is 35.3 Å². The van der Waals surface area contributed by atoms with Crippen LogP contribution in [0.25, 0.3) is 0 Å². The van der Waals surface area contributed by atoms with Crippen LogP contribution < -0.4 is 19.7 Å². The molecule has 9 heteroatoms. The number of carbonyl (C=O) groups excluding carboxylic acids is 3. The number of methoxy groups -OCH3 is 2. The molecule has 32 heavy (non-hydrogen) atoms. The molecule has 0 radical (unpaired) electrons. The highest BCUT2D eigenvalue weighted by atomic mass is 35.5. The molecular formula is C23H16Cl2N2O5. The number of amides is 3. The van der Waals surface area contributed by atoms with Crippen molar-refractivity contribution in [2.24, 2.45) is 0 Å². The van der Waals surface area contributed by atoms with Gasteiger partial charge in [0.2, 0.25) is 0 Å². The Labute approximate surface area is 193 Å². The minimum atomic E-state index is -0.466. The maximum Gasteiger partial charge on any atom is 0.266 e. The van der Waals surface area contributed by atoms with Crippen LogP contribution in [-0.4, -0.2) is 31.9 Å². The zero-order valence-electron chi connectivity index (χ0n) is 16.9. The predicted molar refractivity (Wildman–Crippen MR) is 122 cm³/mol. The van der Waals surface area contributed by atoms with E-state index in [9.17, 15) is 14.4 Å². The second kappa shape index (κ2) is 8.53. The number of benzene rings is 3. The molecular weight excluding hydrogens is 455 g/mol. The van der Waals surface area contributed by atoms with Gasteiger partial charge in [0, 0.05) is 17.3 Å². The minimum Gasteiger partial charge on any atom is -0.494 e. The fourth-order valence-corrected chi connectivity index (χ4v) is 4.08. The van der Waals surface area contributed by atoms with E-state index >= 15 is 0 Å². The standard InChI is InChI=1S/C23H16Cl2N2O5/c1-31-19-11-13(26-21(28)12-9-16(24)20(32-2)17(25)10-12)7-8-18(19)27-22(29)14-5-3-4-6-15(14)23(27)30/h3-11H,1-2H3,(H,26,28). The summed E-state index contributed by atoms with van der Waals surface area (Å²) in [6, 6.07) is 14.1. The van der Waals surface area contributed by atoms with Gasteiger partial charge in [-0.15, -0.1) is 0 Å². The van der Waals surface area contributed by atoms with Crippen LogP contribution in [0.1, 0.15) is 31.1 Å². The maximum absolute atomic E-state index is 12.8. The molecule has 0 fully saturated rings. The lowest BCUT2D eigenvalue weighted by molar-refractivity contribution is 0.0923. The van der Waals surface area contributed by atoms with Crippen molar-refractivity contribution in [3.05, 3.63) is 81.3 Å². The molecule has 3 amide bonds. The summed E-state index contributed by atoms with van der Waals surface area (Å²) in [7, 11) is 2.83. The van der Waals surface area contributed by atoms with E-state index in [1.54, 1.807) is 30.3 Å². The first-order chi connectivity index (χ1) is 15.3. The third kappa shape index (κ3) is 3.66. The first-order valence-corrected chi connectivity index (χ1v) is 10.1. The number of rotatable bonds is 5. The summed E-state index contributed by atoms with van der Waals surface area (Å²) >= 11 is 12.2. The molecule has 1 heterocycles. The van der Waals surface area contributed by atoms with E-state index in [2.05, 4.69) is 5.32 Å². The van der Waals surface area contributed by atoms with E-state index in [0.29, 0.717) is 16.8 Å². The van der Waals surface area contributed by atoms with Gasteiger partial charge in [0.15, 0.2) is 5.75 Å². The smallest absolute Gasteiger partial charge is 0.266 e. The summed E-state index contributed by atoms with van der Waals surface area (Å²) in [6.45, 7) is 0. The fourth-order valence-electron chi connectivity index (χ4n) is 3.44. The van der Waals surface area contributed by atoms with E-state index < -0.39 is 17.7 Å². The zero-order valence-corrected chi connectivity index (χ0v) is 18.5. The number of hydrogen-bond donors (Lipinski definition) is 1. The molecule has 1 aliphatic heterocycles. The molecule has 0 unspecified atom stereocenters. The van der Waals surface area contributed by atoms with Crippen molar-refractivity contribution in [1.82, 2.24) is 0 Å². The van der Waals surface area contributed by atoms with E-state index in [0.717, 1.165) is 4.90 Å². The normalized spacial score (nSPS) is 12.6. The SMILES string of the molecule is COc1cc(NC(=O)c2cc(Cl)c(OC)c(Cl)c2)ccc1N1C(=O)c2ccccc2C1=O. The summed E-state index contributed by atoms with van der Waals surface area (Å²) in [6.07, 6.45) is 0. The van der Waals surface area contributed by atoms with E-state index in [1.807, 2.05) is 0 Å². The Morgan fingerprint density at radius 2 is 1.47 bits per heavy atom. The highest BCUT2D eigenvalue weighted by molar-refractivity contribution is 6.38. The molecule has 3 aromatic rings. The monoisotopic (exact) mass is 470 g/mol. The van der Waals surface area contributed by atoms with Crippen LogP contribution in [-0.2, 0) is 0 Å². The zero-order chi connectivity index (χ0) is 23.0. The maximum atomic E-state index is 12.8. The minimum absolute atomic E-state index is 0.198. The number of nitrogens with zero attached hydrogens (tertiary/aromatic N) is 1. The highest BCUT2D eigenvalue weighted by Gasteiger charge is 2.37. The van der Waals surface area contributed by atoms with Crippen LogP contribution in [0.15, 0.2) is 54.6 Å². The van der Waals surface area contributed by atoms with Gasteiger partial charge < -0.3 is 14.8 Å². The van der Waals surface area contributed by atoms with E-state index in [-0.39, 0.29) is 32.8 Å². The third-order valence-electron chi connectivity index (χ3n) is 4.94. The summed E-state index contributed by atoms with van der Waals surface area (Å²) in [4.78, 5) is 39.3. The molecule has 0 bridgehead atoms. The quantitative estimate of drug-likeness (QED) is 0.526. The molecule has 0 spiro atoms. The van der Waals surface area contributed by atoms with Crippen molar-refractivity contribution < 1.29 is 23.9 Å². The number of imide groups is 1. The number of ether oxygens (including phenoxy) is 2. The average molecular weight is 471 g/mol. The lowest BCUT2D eigenvalue weighted by atomic mass is 10.1. The Bertz CT molecular complexity index is 1220. The number of nitrogens with one attached hydrogen (secondary N) is 1. The molecule has 3 aromatic carbocycles. The van der Waals surface area contributed by atoms with E-state index in [1.165, 1.54) is 38.5 Å². The van der Waals surface area contributed by atoms with Gasteiger partial charge in [-0.05, 0) is 36.4 Å². The lowest BCUT2D eigenvalue weighted by Crippen LogP contribution is -2.29. The molecule has 4 rings (SSSR count). The molecule has 1 aliphatic rings. The molecule has 0 saturated heterocycles. The van der Waals surface area contributed by atoms with Gasteiger partial charge in [-0.2, -0.15) is 0 Å². The van der Waals surface area contributed by atoms with Crippen LogP contribution in [0.2, 0.25) is 10.0 Å². The van der Waals surface area contributed by atoms with Gasteiger partial charge in [-0.25, -0.2) is 4.90 Å². The average Bonchev–Trinajstić information content (AvgIpc) is 3.03. The van der Waals surface area contributed by atoms with Crippen molar-refractivity contribution in [2.45, 2.75) is 0 Å². The number of fused-ring (bicyclic) bond motifs is 1. The van der Waals surface area contributed by atoms with Crippen LogP contribution in [0, 0.1) is 0 Å². The van der Waals surface area contributed by atoms with Crippen LogP contribution in [0.4, 0.5) is 11.4 Å². The summed E-state index contributed by atoms with van der Waals surface area (Å²) in [5.41, 5.74) is 1.53. The first kappa shape index (κ1) is 21.7. The predicted octanol–water partition coefficient (Wildman–Crippen LogP) is 5.06. The van der Waals surface area contributed by atoms with Crippen LogP contribution >= 0.6 is 23.2 Å². The van der Waals surface area contributed by atoms with Crippen molar-refractivity contribution in [1.29, 1.82) is 0 Å². The lowest BCUT2D eigenvalue weighted by Gasteiger charge is -2.18. The number of anilines is 2. The molecule has 0 saturated carbocycles. The Morgan fingerprint density at radius 3 is 2.00 bits per heavy atom. The second-order valence-corrected chi connectivity index (χ2v) is 7.62. The molecule has 162 valence electrons. The van der Waals surface area contributed by atoms with Gasteiger partial charge >= 0.3 is 0 Å². The number of halogens is 2. The summed E-state index contributed by atoms with van der Waals surface area (Å²) < 4.78 is 10.5. The molecule has 1 N–H and O–H groups in total. The number of carbonyl (C=O) groups is 3. The van der Waals surface area contributed by atoms with Crippen LogP contribution in [0.3, 0.4) is 0 Å². The van der Waals surface area contributed by atoms with Gasteiger partial charge in [0.05, 0.1) is 41.1 Å². The van der Waals surface area contributed by atoms with Crippen molar-refractivity contribution in [3.8, 4) is 11.5 Å². The molecule has 0 aromatic heterocycles. The summed E-state index contributed by atoms with van der Waals surface area (Å²) in [5.74, 6) is -0.835. The van der Waals surface area contributed by atoms with Gasteiger partial charge in [0.25, 0.3) is 17.7 Å². The van der Waals surface area contributed by atoms with Crippen molar-refractivity contribution in [2.75, 3.05) is 24.4 Å². The third-order valence-corrected chi connectivity index (χ3v) is 5.50. The van der Waals surface area contributed by atoms with Gasteiger partial charge in [-0.3, -0.25) is 14.4 Å². The Balaban J connectivity index is 1.62. The van der Waals surface area contributed by atoms with E-state index in [4.69, 9.17) is 32.7 Å².